The summed E-state index contributed by atoms with van der Waals surface area (Å²) in [4.78, 5) is 13.4. The van der Waals surface area contributed by atoms with Crippen LogP contribution < -0.4 is 10.6 Å². The van der Waals surface area contributed by atoms with Crippen molar-refractivity contribution in [1.82, 2.24) is 34.4 Å². The van der Waals surface area contributed by atoms with Gasteiger partial charge in [0.2, 0.25) is 5.95 Å². The number of nitrogens with zero attached hydrogens (tertiary/aromatic N) is 6. The number of aromatic nitrogens is 6. The highest BCUT2D eigenvalue weighted by molar-refractivity contribution is 5.82. The summed E-state index contributed by atoms with van der Waals surface area (Å²) in [5.41, 5.74) is 3.35. The average Bonchev–Trinajstić information content (AvgIpc) is 3.24. The Morgan fingerprint density at radius 1 is 1.17 bits per heavy atom. The number of anilines is 1. The smallest absolute Gasteiger partial charge is 0.256 e. The first kappa shape index (κ1) is 18.9. The zero-order valence-electron chi connectivity index (χ0n) is 16.7. The van der Waals surface area contributed by atoms with Crippen LogP contribution in [-0.4, -0.2) is 54.7 Å². The van der Waals surface area contributed by atoms with E-state index in [4.69, 9.17) is 0 Å². The van der Waals surface area contributed by atoms with E-state index in [0.29, 0.717) is 40.7 Å². The normalized spacial score (nSPS) is 19.0. The third-order valence-electron chi connectivity index (χ3n) is 5.68. The van der Waals surface area contributed by atoms with Crippen LogP contribution in [0.3, 0.4) is 0 Å². The third kappa shape index (κ3) is 3.26. The number of hydrogen-bond acceptors (Lipinski definition) is 6. The molecule has 4 aromatic rings. The van der Waals surface area contributed by atoms with Crippen LogP contribution in [0.5, 0.6) is 0 Å². The molecule has 0 spiro atoms. The second-order valence-electron chi connectivity index (χ2n) is 7.64. The summed E-state index contributed by atoms with van der Waals surface area (Å²) in [6, 6.07) is 6.48. The Morgan fingerprint density at radius 3 is 2.77 bits per heavy atom. The van der Waals surface area contributed by atoms with E-state index < -0.39 is 13.0 Å². The monoisotopic (exact) mass is 412 g/mol. The molecule has 4 heterocycles. The number of halogens is 2. The fourth-order valence-corrected chi connectivity index (χ4v) is 3.96. The molecule has 0 saturated heterocycles. The fraction of sp³-hybridized carbons (Fsp3) is 0.400. The molecule has 1 saturated carbocycles. The van der Waals surface area contributed by atoms with Gasteiger partial charge in [0.25, 0.3) is 6.43 Å². The highest BCUT2D eigenvalue weighted by Crippen LogP contribution is 2.27. The zero-order valence-corrected chi connectivity index (χ0v) is 16.7. The standard InChI is InChI=1S/C20H22F2N8/c1-11-25-16-4-3-15(27-19(16)29(11)10-18(21)22)14-5-6-30-17(14)9-24-20(28-30)26-13-7-12(8-13)23-2/h3-6,9,12-13,18,23H,7-8,10H2,1-2H3,(H,26,28). The molecule has 5 rings (SSSR count). The van der Waals surface area contributed by atoms with Crippen LogP contribution in [0.4, 0.5) is 14.7 Å². The van der Waals surface area contributed by atoms with Crippen molar-refractivity contribution < 1.29 is 8.78 Å². The largest absolute Gasteiger partial charge is 0.350 e. The quantitative estimate of drug-likeness (QED) is 0.507. The van der Waals surface area contributed by atoms with E-state index in [2.05, 4.69) is 30.7 Å². The van der Waals surface area contributed by atoms with E-state index in [9.17, 15) is 8.78 Å². The molecule has 0 aliphatic heterocycles. The highest BCUT2D eigenvalue weighted by Gasteiger charge is 2.28. The maximum atomic E-state index is 13.0. The number of hydrogen-bond donors (Lipinski definition) is 2. The molecule has 156 valence electrons. The van der Waals surface area contributed by atoms with Gasteiger partial charge in [0.05, 0.1) is 24.0 Å². The molecule has 8 nitrogen and oxygen atoms in total. The van der Waals surface area contributed by atoms with Crippen molar-refractivity contribution >= 4 is 22.6 Å². The predicted molar refractivity (Wildman–Crippen MR) is 110 cm³/mol. The number of nitrogens with one attached hydrogen (secondary N) is 2. The van der Waals surface area contributed by atoms with Gasteiger partial charge < -0.3 is 15.2 Å². The van der Waals surface area contributed by atoms with Gasteiger partial charge in [-0.25, -0.2) is 28.2 Å². The van der Waals surface area contributed by atoms with Crippen molar-refractivity contribution in [3.63, 3.8) is 0 Å². The maximum absolute atomic E-state index is 13.0. The molecule has 0 bridgehead atoms. The topological polar surface area (TPSA) is 85.0 Å². The summed E-state index contributed by atoms with van der Waals surface area (Å²) in [5.74, 6) is 1.10. The second kappa shape index (κ2) is 7.28. The average molecular weight is 412 g/mol. The fourth-order valence-electron chi connectivity index (χ4n) is 3.96. The molecule has 0 aromatic carbocycles. The van der Waals surface area contributed by atoms with Crippen LogP contribution in [0.2, 0.25) is 0 Å². The number of pyridine rings is 1. The van der Waals surface area contributed by atoms with Gasteiger partial charge in [-0.15, -0.1) is 5.10 Å². The SMILES string of the molecule is CNC1CC(Nc2ncc3c(-c4ccc5nc(C)n(CC(F)F)c5n4)ccn3n2)C1. The van der Waals surface area contributed by atoms with Crippen LogP contribution in [0, 0.1) is 6.92 Å². The molecular formula is C20H22F2N8. The third-order valence-corrected chi connectivity index (χ3v) is 5.68. The summed E-state index contributed by atoms with van der Waals surface area (Å²) in [6.45, 7) is 1.28. The van der Waals surface area contributed by atoms with E-state index in [-0.39, 0.29) is 0 Å². The second-order valence-corrected chi connectivity index (χ2v) is 7.64. The van der Waals surface area contributed by atoms with Crippen LogP contribution >= 0.6 is 0 Å². The summed E-state index contributed by atoms with van der Waals surface area (Å²) in [5, 5.41) is 11.2. The van der Waals surface area contributed by atoms with E-state index in [0.717, 1.165) is 23.9 Å². The van der Waals surface area contributed by atoms with Crippen molar-refractivity contribution in [3.8, 4) is 11.3 Å². The van der Waals surface area contributed by atoms with Crippen LogP contribution in [0.1, 0.15) is 18.7 Å². The van der Waals surface area contributed by atoms with Crippen LogP contribution in [-0.2, 0) is 6.54 Å². The summed E-state index contributed by atoms with van der Waals surface area (Å²) in [6.07, 6.45) is 3.23. The zero-order chi connectivity index (χ0) is 20.8. The molecule has 1 aliphatic rings. The molecule has 0 unspecified atom stereocenters. The highest BCUT2D eigenvalue weighted by atomic mass is 19.3. The van der Waals surface area contributed by atoms with Gasteiger partial charge in [-0.2, -0.15) is 0 Å². The number of alkyl halides is 2. The lowest BCUT2D eigenvalue weighted by molar-refractivity contribution is 0.127. The van der Waals surface area contributed by atoms with Gasteiger partial charge in [0.15, 0.2) is 5.65 Å². The predicted octanol–water partition coefficient (Wildman–Crippen LogP) is 2.88. The minimum atomic E-state index is -2.47. The maximum Gasteiger partial charge on any atom is 0.256 e. The number of rotatable bonds is 6. The first-order valence-electron chi connectivity index (χ1n) is 9.92. The van der Waals surface area contributed by atoms with Crippen molar-refractivity contribution in [2.45, 2.75) is 44.8 Å². The van der Waals surface area contributed by atoms with Gasteiger partial charge in [0.1, 0.15) is 11.3 Å². The van der Waals surface area contributed by atoms with Crippen LogP contribution in [0.15, 0.2) is 30.6 Å². The van der Waals surface area contributed by atoms with Crippen molar-refractivity contribution in [2.75, 3.05) is 12.4 Å². The van der Waals surface area contributed by atoms with E-state index in [1.54, 1.807) is 17.6 Å². The molecule has 0 amide bonds. The number of imidazole rings is 1. The molecule has 2 N–H and O–H groups in total. The number of fused-ring (bicyclic) bond motifs is 2. The van der Waals surface area contributed by atoms with Gasteiger partial charge >= 0.3 is 0 Å². The molecule has 1 aliphatic carbocycles. The Hall–Kier alpha value is -3.14. The Bertz CT molecular complexity index is 1210. The van der Waals surface area contributed by atoms with E-state index in [1.807, 2.05) is 31.4 Å². The summed E-state index contributed by atoms with van der Waals surface area (Å²) in [7, 11) is 1.97. The molecule has 4 aromatic heterocycles. The minimum Gasteiger partial charge on any atom is -0.350 e. The molecule has 30 heavy (non-hydrogen) atoms. The van der Waals surface area contributed by atoms with Crippen molar-refractivity contribution in [2.24, 2.45) is 0 Å². The lowest BCUT2D eigenvalue weighted by atomic mass is 9.87. The first-order valence-corrected chi connectivity index (χ1v) is 9.92. The Kier molecular flexibility index (Phi) is 4.58. The Morgan fingerprint density at radius 2 is 2.00 bits per heavy atom. The van der Waals surface area contributed by atoms with E-state index >= 15 is 0 Å². The first-order chi connectivity index (χ1) is 14.5. The number of aryl methyl sites for hydroxylation is 1. The van der Waals surface area contributed by atoms with Gasteiger partial charge in [-0.05, 0) is 45.0 Å². The summed E-state index contributed by atoms with van der Waals surface area (Å²) >= 11 is 0. The van der Waals surface area contributed by atoms with Gasteiger partial charge in [-0.3, -0.25) is 0 Å². The molecule has 10 heteroatoms. The lowest BCUT2D eigenvalue weighted by Gasteiger charge is -2.35. The Balaban J connectivity index is 1.46. The van der Waals surface area contributed by atoms with E-state index in [1.165, 1.54) is 4.57 Å². The minimum absolute atomic E-state index is 0.373. The Labute approximate surface area is 171 Å². The molecule has 1 fully saturated rings. The van der Waals surface area contributed by atoms with Crippen molar-refractivity contribution in [1.29, 1.82) is 0 Å². The molecular weight excluding hydrogens is 390 g/mol. The van der Waals surface area contributed by atoms with Gasteiger partial charge in [-0.1, -0.05) is 0 Å². The van der Waals surface area contributed by atoms with Gasteiger partial charge in [0, 0.05) is 23.8 Å². The lowest BCUT2D eigenvalue weighted by Crippen LogP contribution is -2.46. The molecule has 0 atom stereocenters. The van der Waals surface area contributed by atoms with Crippen molar-refractivity contribution in [3.05, 3.63) is 36.4 Å². The summed E-state index contributed by atoms with van der Waals surface area (Å²) < 4.78 is 29.2. The molecule has 0 radical (unpaired) electrons. The van der Waals surface area contributed by atoms with Crippen LogP contribution in [0.25, 0.3) is 27.9 Å².